The summed E-state index contributed by atoms with van der Waals surface area (Å²) in [6.07, 6.45) is 13.7. The minimum Gasteiger partial charge on any atom is -0.359 e. The van der Waals surface area contributed by atoms with Gasteiger partial charge in [0.15, 0.2) is 0 Å². The zero-order valence-electron chi connectivity index (χ0n) is 12.0. The number of hydrogen-bond acceptors (Lipinski definition) is 1. The molecule has 0 aromatic heterocycles. The van der Waals surface area contributed by atoms with Crippen LogP contribution in [0.4, 0.5) is 0 Å². The predicted octanol–water partition coefficient (Wildman–Crippen LogP) is 4.96. The summed E-state index contributed by atoms with van der Waals surface area (Å²) < 4.78 is 0. The third kappa shape index (κ3) is 2.93. The molecule has 3 rings (SSSR count). The number of benzene rings is 1. The van der Waals surface area contributed by atoms with Gasteiger partial charge in [-0.2, -0.15) is 0 Å². The number of allylic oxidation sites excluding steroid dienone is 7. The van der Waals surface area contributed by atoms with Gasteiger partial charge in [-0.3, -0.25) is 0 Å². The second kappa shape index (κ2) is 5.96. The van der Waals surface area contributed by atoms with Crippen molar-refractivity contribution in [2.75, 3.05) is 0 Å². The van der Waals surface area contributed by atoms with E-state index in [1.54, 1.807) is 0 Å². The average molecular weight is 263 g/mol. The first kappa shape index (κ1) is 13.0. The molecule has 0 aliphatic heterocycles. The van der Waals surface area contributed by atoms with Gasteiger partial charge in [0.05, 0.1) is 0 Å². The second-order valence-electron chi connectivity index (χ2n) is 5.51. The Labute approximate surface area is 121 Å². The first-order chi connectivity index (χ1) is 9.83. The molecule has 1 heteroatoms. The Hall–Kier alpha value is -2.02. The lowest BCUT2D eigenvalue weighted by atomic mass is 9.95. The third-order valence-corrected chi connectivity index (χ3v) is 3.89. The third-order valence-electron chi connectivity index (χ3n) is 3.89. The van der Waals surface area contributed by atoms with E-state index in [2.05, 4.69) is 66.9 Å². The fourth-order valence-corrected chi connectivity index (χ4v) is 2.70. The maximum atomic E-state index is 3.64. The van der Waals surface area contributed by atoms with Crippen LogP contribution in [0, 0.1) is 0 Å². The number of hydrogen-bond donors (Lipinski definition) is 1. The van der Waals surface area contributed by atoms with E-state index in [-0.39, 0.29) is 0 Å². The van der Waals surface area contributed by atoms with E-state index in [1.807, 2.05) is 0 Å². The maximum absolute atomic E-state index is 3.64. The second-order valence-corrected chi connectivity index (χ2v) is 5.51. The normalized spacial score (nSPS) is 18.6. The zero-order valence-corrected chi connectivity index (χ0v) is 12.0. The molecule has 0 spiro atoms. The highest BCUT2D eigenvalue weighted by Crippen LogP contribution is 2.28. The van der Waals surface area contributed by atoms with Gasteiger partial charge >= 0.3 is 0 Å². The van der Waals surface area contributed by atoms with Crippen molar-refractivity contribution in [3.63, 3.8) is 0 Å². The molecule has 0 amide bonds. The van der Waals surface area contributed by atoms with Crippen molar-refractivity contribution in [2.45, 2.75) is 32.6 Å². The van der Waals surface area contributed by atoms with E-state index in [0.717, 1.165) is 25.7 Å². The lowest BCUT2D eigenvalue weighted by Crippen LogP contribution is -2.16. The molecule has 1 aromatic rings. The van der Waals surface area contributed by atoms with Crippen molar-refractivity contribution in [3.8, 4) is 0 Å². The number of rotatable bonds is 3. The van der Waals surface area contributed by atoms with Crippen LogP contribution in [0.1, 0.15) is 38.2 Å². The summed E-state index contributed by atoms with van der Waals surface area (Å²) in [4.78, 5) is 0. The minimum absolute atomic E-state index is 1.11. The Balaban J connectivity index is 1.81. The van der Waals surface area contributed by atoms with Crippen molar-refractivity contribution in [3.05, 3.63) is 77.2 Å². The van der Waals surface area contributed by atoms with Gasteiger partial charge in [0, 0.05) is 17.0 Å². The van der Waals surface area contributed by atoms with E-state index in [4.69, 9.17) is 0 Å². The van der Waals surface area contributed by atoms with Gasteiger partial charge < -0.3 is 5.32 Å². The summed E-state index contributed by atoms with van der Waals surface area (Å²) in [5.74, 6) is 0. The molecule has 20 heavy (non-hydrogen) atoms. The summed E-state index contributed by atoms with van der Waals surface area (Å²) in [5.41, 5.74) is 6.69. The van der Waals surface area contributed by atoms with Crippen LogP contribution >= 0.6 is 0 Å². The van der Waals surface area contributed by atoms with Crippen LogP contribution in [0.25, 0.3) is 5.57 Å². The van der Waals surface area contributed by atoms with Crippen molar-refractivity contribution in [2.24, 2.45) is 0 Å². The summed E-state index contributed by atoms with van der Waals surface area (Å²) in [5, 5.41) is 3.64. The minimum atomic E-state index is 1.11. The van der Waals surface area contributed by atoms with Gasteiger partial charge in [0.25, 0.3) is 0 Å². The van der Waals surface area contributed by atoms with Gasteiger partial charge in [-0.1, -0.05) is 54.1 Å². The molecule has 102 valence electrons. The quantitative estimate of drug-likeness (QED) is 0.812. The molecule has 1 aromatic carbocycles. The zero-order chi connectivity index (χ0) is 13.8. The highest BCUT2D eigenvalue weighted by Gasteiger charge is 2.13. The largest absolute Gasteiger partial charge is 0.359 e. The molecule has 0 heterocycles. The van der Waals surface area contributed by atoms with E-state index < -0.39 is 0 Å². The standard InChI is InChI=1S/C19H21N/c1-15-11-13-17(14-12-15)20-19-10-6-5-9-18(19)16-7-3-2-4-8-16/h2-4,7-11,13,20H,5-6,12,14H2,1H3. The van der Waals surface area contributed by atoms with Gasteiger partial charge in [-0.15, -0.1) is 0 Å². The van der Waals surface area contributed by atoms with E-state index in [9.17, 15) is 0 Å². The predicted molar refractivity (Wildman–Crippen MR) is 85.9 cm³/mol. The Kier molecular flexibility index (Phi) is 3.87. The topological polar surface area (TPSA) is 12.0 Å². The fourth-order valence-electron chi connectivity index (χ4n) is 2.70. The van der Waals surface area contributed by atoms with Crippen molar-refractivity contribution in [1.82, 2.24) is 5.32 Å². The summed E-state index contributed by atoms with van der Waals surface area (Å²) >= 11 is 0. The molecule has 0 radical (unpaired) electrons. The van der Waals surface area contributed by atoms with Crippen LogP contribution in [-0.4, -0.2) is 0 Å². The van der Waals surface area contributed by atoms with Crippen LogP contribution in [0.2, 0.25) is 0 Å². The summed E-state index contributed by atoms with van der Waals surface area (Å²) in [7, 11) is 0. The van der Waals surface area contributed by atoms with Crippen LogP contribution < -0.4 is 5.32 Å². The molecule has 1 N–H and O–H groups in total. The van der Waals surface area contributed by atoms with Gasteiger partial charge in [-0.05, 0) is 44.2 Å². The van der Waals surface area contributed by atoms with Gasteiger partial charge in [0.1, 0.15) is 0 Å². The van der Waals surface area contributed by atoms with E-state index in [0.29, 0.717) is 0 Å². The summed E-state index contributed by atoms with van der Waals surface area (Å²) in [6, 6.07) is 10.7. The van der Waals surface area contributed by atoms with Crippen molar-refractivity contribution < 1.29 is 0 Å². The average Bonchev–Trinajstić information content (AvgIpc) is 2.51. The lowest BCUT2D eigenvalue weighted by Gasteiger charge is -2.21. The monoisotopic (exact) mass is 263 g/mol. The molecular formula is C19H21N. The fraction of sp³-hybridized carbons (Fsp3) is 0.263. The first-order valence-electron chi connectivity index (χ1n) is 7.42. The Morgan fingerprint density at radius 1 is 0.900 bits per heavy atom. The SMILES string of the molecule is CC1=CC=C(NC2=CCCC=C2c2ccccc2)CC1. The highest BCUT2D eigenvalue weighted by molar-refractivity contribution is 5.79. The lowest BCUT2D eigenvalue weighted by molar-refractivity contribution is 0.815. The smallest absolute Gasteiger partial charge is 0.0417 e. The van der Waals surface area contributed by atoms with Gasteiger partial charge in [0.2, 0.25) is 0 Å². The molecule has 0 fully saturated rings. The van der Waals surface area contributed by atoms with Crippen LogP contribution in [0.5, 0.6) is 0 Å². The number of nitrogens with one attached hydrogen (secondary N) is 1. The van der Waals surface area contributed by atoms with E-state index in [1.165, 1.54) is 28.1 Å². The van der Waals surface area contributed by atoms with Crippen molar-refractivity contribution in [1.29, 1.82) is 0 Å². The van der Waals surface area contributed by atoms with Crippen LogP contribution in [0.3, 0.4) is 0 Å². The molecule has 0 saturated heterocycles. The molecule has 1 nitrogen and oxygen atoms in total. The molecule has 0 atom stereocenters. The molecular weight excluding hydrogens is 242 g/mol. The van der Waals surface area contributed by atoms with Crippen molar-refractivity contribution >= 4 is 5.57 Å². The Morgan fingerprint density at radius 2 is 1.70 bits per heavy atom. The summed E-state index contributed by atoms with van der Waals surface area (Å²) in [6.45, 7) is 2.20. The molecule has 2 aliphatic rings. The Morgan fingerprint density at radius 3 is 2.45 bits per heavy atom. The Bertz CT molecular complexity index is 600. The molecule has 0 saturated carbocycles. The van der Waals surface area contributed by atoms with Crippen LogP contribution in [0.15, 0.2) is 71.6 Å². The van der Waals surface area contributed by atoms with Crippen LogP contribution in [-0.2, 0) is 0 Å². The van der Waals surface area contributed by atoms with Gasteiger partial charge in [-0.25, -0.2) is 0 Å². The highest BCUT2D eigenvalue weighted by atomic mass is 14.9. The maximum Gasteiger partial charge on any atom is 0.0417 e. The molecule has 0 bridgehead atoms. The van der Waals surface area contributed by atoms with E-state index >= 15 is 0 Å². The molecule has 0 unspecified atom stereocenters. The first-order valence-corrected chi connectivity index (χ1v) is 7.42. The molecule has 2 aliphatic carbocycles.